The molecule has 14 heavy (non-hydrogen) atoms. The minimum atomic E-state index is 0.761. The zero-order valence-electron chi connectivity index (χ0n) is 7.96. The molecule has 0 unspecified atom stereocenters. The van der Waals surface area contributed by atoms with E-state index in [0.717, 1.165) is 31.3 Å². The third kappa shape index (κ3) is 2.16. The molecule has 4 heteroatoms. The molecule has 0 saturated heterocycles. The highest BCUT2D eigenvalue weighted by Crippen LogP contribution is 2.05. The third-order valence-electron chi connectivity index (χ3n) is 2.09. The number of nitrogens with two attached hydrogens (primary N) is 1. The molecule has 0 radical (unpaired) electrons. The summed E-state index contributed by atoms with van der Waals surface area (Å²) in [5, 5.41) is 6.36. The Hall–Kier alpha value is -1.71. The first-order valence-electron chi connectivity index (χ1n) is 4.71. The van der Waals surface area contributed by atoms with E-state index in [9.17, 15) is 0 Å². The largest absolute Gasteiger partial charge is 0.399 e. The minimum absolute atomic E-state index is 0.761. The molecule has 0 spiro atoms. The Kier molecular flexibility index (Phi) is 2.53. The summed E-state index contributed by atoms with van der Waals surface area (Å²) in [6.45, 7) is 2.55. The van der Waals surface area contributed by atoms with Gasteiger partial charge in [0.2, 0.25) is 0 Å². The summed E-state index contributed by atoms with van der Waals surface area (Å²) < 4.78 is 0. The van der Waals surface area contributed by atoms with Crippen LogP contribution >= 0.6 is 0 Å². The van der Waals surface area contributed by atoms with Gasteiger partial charge in [-0.3, -0.25) is 4.99 Å². The van der Waals surface area contributed by atoms with E-state index in [4.69, 9.17) is 5.73 Å². The minimum Gasteiger partial charge on any atom is -0.399 e. The molecular weight excluding hydrogens is 176 g/mol. The Bertz CT molecular complexity index is 346. The van der Waals surface area contributed by atoms with Crippen LogP contribution in [0.5, 0.6) is 0 Å². The van der Waals surface area contributed by atoms with Crippen LogP contribution in [0.3, 0.4) is 0 Å². The summed E-state index contributed by atoms with van der Waals surface area (Å²) in [5.41, 5.74) is 7.63. The Morgan fingerprint density at radius 3 is 3.14 bits per heavy atom. The van der Waals surface area contributed by atoms with E-state index in [2.05, 4.69) is 15.6 Å². The van der Waals surface area contributed by atoms with Crippen molar-refractivity contribution in [3.05, 3.63) is 29.8 Å². The summed E-state index contributed by atoms with van der Waals surface area (Å²) in [6, 6.07) is 7.84. The zero-order valence-corrected chi connectivity index (χ0v) is 7.96. The molecule has 4 nitrogen and oxygen atoms in total. The number of rotatable bonds is 2. The van der Waals surface area contributed by atoms with Gasteiger partial charge in [-0.05, 0) is 17.7 Å². The summed E-state index contributed by atoms with van der Waals surface area (Å²) in [7, 11) is 0. The van der Waals surface area contributed by atoms with Crippen LogP contribution in [0.2, 0.25) is 0 Å². The highest BCUT2D eigenvalue weighted by Gasteiger charge is 2.03. The normalized spacial score (nSPS) is 14.7. The van der Waals surface area contributed by atoms with E-state index in [1.54, 1.807) is 0 Å². The number of benzene rings is 1. The first-order chi connectivity index (χ1) is 6.84. The van der Waals surface area contributed by atoms with Crippen LogP contribution in [0.25, 0.3) is 0 Å². The molecule has 0 bridgehead atoms. The second-order valence-electron chi connectivity index (χ2n) is 3.26. The van der Waals surface area contributed by atoms with Gasteiger partial charge < -0.3 is 16.4 Å². The van der Waals surface area contributed by atoms with Crippen molar-refractivity contribution in [1.29, 1.82) is 0 Å². The lowest BCUT2D eigenvalue weighted by Crippen LogP contribution is -2.33. The molecule has 1 aliphatic heterocycles. The van der Waals surface area contributed by atoms with E-state index in [1.165, 1.54) is 5.56 Å². The maximum absolute atomic E-state index is 5.67. The molecule has 0 aromatic heterocycles. The van der Waals surface area contributed by atoms with Gasteiger partial charge in [-0.2, -0.15) is 0 Å². The lowest BCUT2D eigenvalue weighted by Gasteiger charge is -2.06. The maximum atomic E-state index is 5.67. The van der Waals surface area contributed by atoms with Crippen molar-refractivity contribution in [2.24, 2.45) is 4.99 Å². The predicted octanol–water partition coefficient (Wildman–Crippen LogP) is 0.318. The highest BCUT2D eigenvalue weighted by atomic mass is 15.2. The van der Waals surface area contributed by atoms with Gasteiger partial charge >= 0.3 is 0 Å². The fourth-order valence-electron chi connectivity index (χ4n) is 1.41. The second kappa shape index (κ2) is 4.00. The van der Waals surface area contributed by atoms with Gasteiger partial charge in [-0.1, -0.05) is 12.1 Å². The fraction of sp³-hybridized carbons (Fsp3) is 0.300. The molecule has 74 valence electrons. The van der Waals surface area contributed by atoms with Crippen molar-refractivity contribution in [2.75, 3.05) is 18.8 Å². The standard InChI is InChI=1S/C10H14N4/c11-9-3-1-2-8(6-9)7-14-10-12-4-5-13-10/h1-3,6H,4-5,7,11H2,(H2,12,13,14). The van der Waals surface area contributed by atoms with Crippen molar-refractivity contribution in [1.82, 2.24) is 10.6 Å². The number of anilines is 1. The SMILES string of the molecule is Nc1cccc(CNC2=NCCN2)c1. The number of hydrogen-bond donors (Lipinski definition) is 3. The predicted molar refractivity (Wildman–Crippen MR) is 58.0 cm³/mol. The summed E-state index contributed by atoms with van der Waals surface area (Å²) in [6.07, 6.45) is 0. The van der Waals surface area contributed by atoms with Gasteiger partial charge in [0.1, 0.15) is 0 Å². The molecule has 1 aromatic carbocycles. The van der Waals surface area contributed by atoms with Gasteiger partial charge in [0.25, 0.3) is 0 Å². The van der Waals surface area contributed by atoms with Gasteiger partial charge in [-0.25, -0.2) is 0 Å². The molecule has 0 saturated carbocycles. The van der Waals surface area contributed by atoms with E-state index in [-0.39, 0.29) is 0 Å². The van der Waals surface area contributed by atoms with Crippen molar-refractivity contribution in [3.63, 3.8) is 0 Å². The fourth-order valence-corrected chi connectivity index (χ4v) is 1.41. The lowest BCUT2D eigenvalue weighted by molar-refractivity contribution is 0.867. The molecule has 0 aliphatic carbocycles. The van der Waals surface area contributed by atoms with Crippen molar-refractivity contribution >= 4 is 11.6 Å². The Labute approximate surface area is 83.2 Å². The van der Waals surface area contributed by atoms with Crippen LogP contribution in [-0.4, -0.2) is 19.0 Å². The molecule has 1 heterocycles. The molecular formula is C10H14N4. The molecule has 0 fully saturated rings. The number of hydrogen-bond acceptors (Lipinski definition) is 4. The maximum Gasteiger partial charge on any atom is 0.191 e. The zero-order chi connectivity index (χ0) is 9.80. The van der Waals surface area contributed by atoms with Crippen molar-refractivity contribution < 1.29 is 0 Å². The van der Waals surface area contributed by atoms with Crippen LogP contribution in [0.4, 0.5) is 5.69 Å². The summed E-state index contributed by atoms with van der Waals surface area (Å²) in [5.74, 6) is 0.882. The van der Waals surface area contributed by atoms with Gasteiger partial charge in [0.15, 0.2) is 5.96 Å². The van der Waals surface area contributed by atoms with E-state index in [1.807, 2.05) is 24.3 Å². The van der Waals surface area contributed by atoms with Crippen molar-refractivity contribution in [3.8, 4) is 0 Å². The monoisotopic (exact) mass is 190 g/mol. The number of nitrogens with zero attached hydrogens (tertiary/aromatic N) is 1. The molecule has 4 N–H and O–H groups in total. The van der Waals surface area contributed by atoms with E-state index >= 15 is 0 Å². The highest BCUT2D eigenvalue weighted by molar-refractivity contribution is 5.81. The lowest BCUT2D eigenvalue weighted by atomic mass is 10.2. The van der Waals surface area contributed by atoms with Crippen LogP contribution in [0.15, 0.2) is 29.3 Å². The molecule has 1 aromatic rings. The molecule has 2 rings (SSSR count). The van der Waals surface area contributed by atoms with Crippen LogP contribution in [0, 0.1) is 0 Å². The number of aliphatic imine (C=N–C) groups is 1. The average molecular weight is 190 g/mol. The molecule has 1 aliphatic rings. The summed E-state index contributed by atoms with van der Waals surface area (Å²) >= 11 is 0. The number of nitrogens with one attached hydrogen (secondary N) is 2. The van der Waals surface area contributed by atoms with Crippen molar-refractivity contribution in [2.45, 2.75) is 6.54 Å². The average Bonchev–Trinajstić information content (AvgIpc) is 2.67. The molecule has 0 amide bonds. The van der Waals surface area contributed by atoms with E-state index < -0.39 is 0 Å². The van der Waals surface area contributed by atoms with Gasteiger partial charge in [0.05, 0.1) is 6.54 Å². The van der Waals surface area contributed by atoms with Crippen LogP contribution in [-0.2, 0) is 6.54 Å². The Morgan fingerprint density at radius 2 is 2.43 bits per heavy atom. The quantitative estimate of drug-likeness (QED) is 0.588. The van der Waals surface area contributed by atoms with Crippen LogP contribution in [0.1, 0.15) is 5.56 Å². The third-order valence-corrected chi connectivity index (χ3v) is 2.09. The number of nitrogen functional groups attached to an aromatic ring is 1. The Morgan fingerprint density at radius 1 is 1.50 bits per heavy atom. The summed E-state index contributed by atoms with van der Waals surface area (Å²) in [4.78, 5) is 4.24. The first kappa shape index (κ1) is 8.87. The first-order valence-corrected chi connectivity index (χ1v) is 4.71. The van der Waals surface area contributed by atoms with Gasteiger partial charge in [0, 0.05) is 18.8 Å². The number of guanidine groups is 1. The van der Waals surface area contributed by atoms with Gasteiger partial charge in [-0.15, -0.1) is 0 Å². The molecule has 0 atom stereocenters. The van der Waals surface area contributed by atoms with Crippen LogP contribution < -0.4 is 16.4 Å². The second-order valence-corrected chi connectivity index (χ2v) is 3.26. The smallest absolute Gasteiger partial charge is 0.191 e. The topological polar surface area (TPSA) is 62.4 Å². The van der Waals surface area contributed by atoms with E-state index in [0.29, 0.717) is 0 Å². The Balaban J connectivity index is 1.91.